The van der Waals surface area contributed by atoms with Gasteiger partial charge in [-0.1, -0.05) is 74.5 Å². The maximum Gasteiger partial charge on any atom is 0.254 e. The molecule has 8 nitrogen and oxygen atoms in total. The number of piperidine rings is 2. The van der Waals surface area contributed by atoms with Crippen LogP contribution in [0.5, 0.6) is 0 Å². The smallest absolute Gasteiger partial charge is 0.254 e. The van der Waals surface area contributed by atoms with Gasteiger partial charge >= 0.3 is 0 Å². The summed E-state index contributed by atoms with van der Waals surface area (Å²) in [4.78, 5) is 53.0. The van der Waals surface area contributed by atoms with Gasteiger partial charge in [-0.15, -0.1) is 0 Å². The number of aromatic nitrogens is 1. The molecular formula is C37H45N5O3. The fourth-order valence-corrected chi connectivity index (χ4v) is 7.09. The Morgan fingerprint density at radius 3 is 1.80 bits per heavy atom. The van der Waals surface area contributed by atoms with Crippen LogP contribution in [0.15, 0.2) is 72.8 Å². The quantitative estimate of drug-likeness (QED) is 0.392. The molecule has 3 saturated heterocycles. The summed E-state index contributed by atoms with van der Waals surface area (Å²) < 4.78 is 0. The summed E-state index contributed by atoms with van der Waals surface area (Å²) in [5.74, 6) is 0.463. The van der Waals surface area contributed by atoms with E-state index in [-0.39, 0.29) is 29.6 Å². The normalized spacial score (nSPS) is 20.0. The van der Waals surface area contributed by atoms with Gasteiger partial charge in [-0.3, -0.25) is 19.3 Å². The molecule has 45 heavy (non-hydrogen) atoms. The first-order valence-electron chi connectivity index (χ1n) is 16.6. The van der Waals surface area contributed by atoms with Crippen LogP contribution >= 0.6 is 0 Å². The topological polar surface area (TPSA) is 77.1 Å². The first-order chi connectivity index (χ1) is 21.9. The van der Waals surface area contributed by atoms with Gasteiger partial charge in [0.1, 0.15) is 0 Å². The molecule has 6 rings (SSSR count). The second-order valence-corrected chi connectivity index (χ2v) is 13.0. The number of benzene rings is 2. The van der Waals surface area contributed by atoms with Gasteiger partial charge in [0.2, 0.25) is 11.8 Å². The van der Waals surface area contributed by atoms with Crippen molar-refractivity contribution in [3.8, 4) is 22.5 Å². The van der Waals surface area contributed by atoms with E-state index in [1.54, 1.807) is 0 Å². The molecule has 3 aliphatic rings. The first-order valence-corrected chi connectivity index (χ1v) is 16.6. The molecule has 3 aliphatic heterocycles. The summed E-state index contributed by atoms with van der Waals surface area (Å²) in [6.07, 6.45) is 3.76. The van der Waals surface area contributed by atoms with Gasteiger partial charge in [0.25, 0.3) is 5.91 Å². The van der Waals surface area contributed by atoms with E-state index in [4.69, 9.17) is 4.98 Å². The Hall–Kier alpha value is -4.04. The highest BCUT2D eigenvalue weighted by atomic mass is 16.2. The summed E-state index contributed by atoms with van der Waals surface area (Å²) in [6, 6.07) is 24.3. The van der Waals surface area contributed by atoms with E-state index in [9.17, 15) is 14.4 Å². The van der Waals surface area contributed by atoms with Crippen molar-refractivity contribution >= 4 is 17.7 Å². The molecule has 1 atom stereocenters. The molecule has 0 radical (unpaired) electrons. The number of nitrogens with zero attached hydrogens (tertiary/aromatic N) is 5. The lowest BCUT2D eigenvalue weighted by Crippen LogP contribution is -2.55. The lowest BCUT2D eigenvalue weighted by Gasteiger charge is -2.43. The Bertz CT molecular complexity index is 1420. The largest absolute Gasteiger partial charge is 0.339 e. The van der Waals surface area contributed by atoms with Crippen LogP contribution in [0.2, 0.25) is 0 Å². The SMILES string of the molecule is CC(C)C(=O)N1CCN(C(=O)[C@@H]2CCCN(C3CCN(C(=O)c4cc(-c5ccccc5)nc(-c5ccccc5)c4)CC3)C2)CC1. The van der Waals surface area contributed by atoms with E-state index in [2.05, 4.69) is 4.90 Å². The number of hydrogen-bond acceptors (Lipinski definition) is 5. The molecule has 3 fully saturated rings. The molecular weight excluding hydrogens is 562 g/mol. The second kappa shape index (κ2) is 13.9. The molecule has 0 aliphatic carbocycles. The van der Waals surface area contributed by atoms with Crippen LogP contribution in [0.4, 0.5) is 0 Å². The lowest BCUT2D eigenvalue weighted by molar-refractivity contribution is -0.144. The maximum atomic E-state index is 13.9. The molecule has 3 amide bonds. The Labute approximate surface area is 267 Å². The van der Waals surface area contributed by atoms with Gasteiger partial charge < -0.3 is 14.7 Å². The monoisotopic (exact) mass is 607 g/mol. The van der Waals surface area contributed by atoms with Crippen LogP contribution < -0.4 is 0 Å². The number of rotatable bonds is 6. The van der Waals surface area contributed by atoms with Crippen LogP contribution in [0.25, 0.3) is 22.5 Å². The number of carbonyl (C=O) groups is 3. The fraction of sp³-hybridized carbons (Fsp3) is 0.459. The first kappa shape index (κ1) is 31.0. The minimum Gasteiger partial charge on any atom is -0.339 e. The highest BCUT2D eigenvalue weighted by molar-refractivity contribution is 5.96. The third-order valence-electron chi connectivity index (χ3n) is 9.68. The molecule has 0 N–H and O–H groups in total. The van der Waals surface area contributed by atoms with Crippen LogP contribution in [-0.2, 0) is 9.59 Å². The molecule has 0 bridgehead atoms. The summed E-state index contributed by atoms with van der Waals surface area (Å²) in [5.41, 5.74) is 4.24. The van der Waals surface area contributed by atoms with E-state index < -0.39 is 0 Å². The third-order valence-corrected chi connectivity index (χ3v) is 9.68. The fourth-order valence-electron chi connectivity index (χ4n) is 7.09. The van der Waals surface area contributed by atoms with Gasteiger partial charge in [0, 0.05) is 74.5 Å². The highest BCUT2D eigenvalue weighted by Crippen LogP contribution is 2.29. The summed E-state index contributed by atoms with van der Waals surface area (Å²) in [6.45, 7) is 9.56. The Morgan fingerprint density at radius 2 is 1.24 bits per heavy atom. The average molecular weight is 608 g/mol. The molecule has 2 aromatic carbocycles. The summed E-state index contributed by atoms with van der Waals surface area (Å²) in [5, 5.41) is 0. The van der Waals surface area contributed by atoms with Crippen LogP contribution in [0.1, 0.15) is 49.9 Å². The zero-order valence-electron chi connectivity index (χ0n) is 26.6. The average Bonchev–Trinajstić information content (AvgIpc) is 3.11. The Morgan fingerprint density at radius 1 is 0.689 bits per heavy atom. The number of hydrogen-bond donors (Lipinski definition) is 0. The Balaban J connectivity index is 1.07. The molecule has 4 heterocycles. The summed E-state index contributed by atoms with van der Waals surface area (Å²) >= 11 is 0. The third kappa shape index (κ3) is 7.12. The number of piperazine rings is 1. The zero-order chi connectivity index (χ0) is 31.3. The standard InChI is InChI=1S/C37H45N5O3/c1-27(2)35(43)40-20-22-41(23-21-40)36(44)30-14-9-17-42(26-30)32-15-18-39(19-16-32)37(45)31-24-33(28-10-5-3-6-11-28)38-34(25-31)29-12-7-4-8-13-29/h3-8,10-13,24-25,27,30,32H,9,14-23,26H2,1-2H3/t30-/m1/s1. The predicted molar refractivity (Wildman–Crippen MR) is 176 cm³/mol. The van der Waals surface area contributed by atoms with Crippen molar-refractivity contribution in [3.63, 3.8) is 0 Å². The number of pyridine rings is 1. The molecule has 0 unspecified atom stereocenters. The van der Waals surface area contributed by atoms with Crippen molar-refractivity contribution in [2.45, 2.75) is 45.6 Å². The van der Waals surface area contributed by atoms with Crippen LogP contribution in [0, 0.1) is 11.8 Å². The van der Waals surface area contributed by atoms with Gasteiger partial charge in [0.15, 0.2) is 0 Å². The number of carbonyl (C=O) groups excluding carboxylic acids is 3. The van der Waals surface area contributed by atoms with E-state index >= 15 is 0 Å². The number of amides is 3. The molecule has 236 valence electrons. The highest BCUT2D eigenvalue weighted by Gasteiger charge is 2.35. The number of likely N-dealkylation sites (tertiary alicyclic amines) is 2. The van der Waals surface area contributed by atoms with E-state index in [0.717, 1.165) is 61.3 Å². The van der Waals surface area contributed by atoms with Crippen LogP contribution in [0.3, 0.4) is 0 Å². The van der Waals surface area contributed by atoms with Crippen LogP contribution in [-0.4, -0.2) is 101 Å². The van der Waals surface area contributed by atoms with Gasteiger partial charge in [0.05, 0.1) is 17.3 Å². The van der Waals surface area contributed by atoms with Crippen molar-refractivity contribution in [2.75, 3.05) is 52.4 Å². The maximum absolute atomic E-state index is 13.9. The van der Waals surface area contributed by atoms with E-state index in [1.807, 2.05) is 101 Å². The van der Waals surface area contributed by atoms with Gasteiger partial charge in [-0.05, 0) is 44.4 Å². The lowest BCUT2D eigenvalue weighted by atomic mass is 9.92. The van der Waals surface area contributed by atoms with E-state index in [0.29, 0.717) is 50.9 Å². The van der Waals surface area contributed by atoms with Crippen molar-refractivity contribution in [2.24, 2.45) is 11.8 Å². The van der Waals surface area contributed by atoms with Gasteiger partial charge in [-0.25, -0.2) is 4.98 Å². The molecule has 0 spiro atoms. The second-order valence-electron chi connectivity index (χ2n) is 13.0. The molecule has 3 aromatic rings. The van der Waals surface area contributed by atoms with E-state index in [1.165, 1.54) is 0 Å². The minimum absolute atomic E-state index is 0.00963. The molecule has 0 saturated carbocycles. The molecule has 1 aromatic heterocycles. The Kier molecular flexibility index (Phi) is 9.59. The van der Waals surface area contributed by atoms with Crippen molar-refractivity contribution in [1.82, 2.24) is 24.6 Å². The predicted octanol–water partition coefficient (Wildman–Crippen LogP) is 5.06. The van der Waals surface area contributed by atoms with Gasteiger partial charge in [-0.2, -0.15) is 0 Å². The minimum atomic E-state index is -0.0101. The molecule has 8 heteroatoms. The zero-order valence-corrected chi connectivity index (χ0v) is 26.6. The van der Waals surface area contributed by atoms with Crippen molar-refractivity contribution in [3.05, 3.63) is 78.4 Å². The van der Waals surface area contributed by atoms with Crippen molar-refractivity contribution < 1.29 is 14.4 Å². The van der Waals surface area contributed by atoms with Crippen molar-refractivity contribution in [1.29, 1.82) is 0 Å². The summed E-state index contributed by atoms with van der Waals surface area (Å²) in [7, 11) is 0.